The lowest BCUT2D eigenvalue weighted by molar-refractivity contribution is 0.173. The van der Waals surface area contributed by atoms with Gasteiger partial charge in [0.15, 0.2) is 0 Å². The predicted octanol–water partition coefficient (Wildman–Crippen LogP) is 0.962. The van der Waals surface area contributed by atoms with Gasteiger partial charge in [0.2, 0.25) is 0 Å². The van der Waals surface area contributed by atoms with Crippen molar-refractivity contribution in [1.82, 2.24) is 5.32 Å². The summed E-state index contributed by atoms with van der Waals surface area (Å²) in [6.07, 6.45) is -0.732. The first-order valence-electron chi connectivity index (χ1n) is 4.80. The highest BCUT2D eigenvalue weighted by Crippen LogP contribution is 2.31. The molecule has 1 aromatic rings. The zero-order valence-electron chi connectivity index (χ0n) is 9.24. The van der Waals surface area contributed by atoms with E-state index in [0.29, 0.717) is 17.9 Å². The molecule has 0 saturated carbocycles. The van der Waals surface area contributed by atoms with Gasteiger partial charge in [-0.05, 0) is 31.7 Å². The van der Waals surface area contributed by atoms with Crippen LogP contribution in [-0.2, 0) is 0 Å². The van der Waals surface area contributed by atoms with Gasteiger partial charge in [0.25, 0.3) is 0 Å². The van der Waals surface area contributed by atoms with Crippen LogP contribution in [0.25, 0.3) is 0 Å². The van der Waals surface area contributed by atoms with Crippen LogP contribution in [-0.4, -0.2) is 30.9 Å². The fourth-order valence-electron chi connectivity index (χ4n) is 1.48. The van der Waals surface area contributed by atoms with Crippen molar-refractivity contribution >= 4 is 0 Å². The Labute approximate surface area is 89.5 Å². The third-order valence-electron chi connectivity index (χ3n) is 2.30. The van der Waals surface area contributed by atoms with E-state index in [1.807, 2.05) is 6.92 Å². The average Bonchev–Trinajstić information content (AvgIpc) is 2.18. The third-order valence-corrected chi connectivity index (χ3v) is 2.30. The minimum Gasteiger partial charge on any atom is -0.508 e. The molecule has 0 aliphatic heterocycles. The highest BCUT2D eigenvalue weighted by Gasteiger charge is 2.14. The van der Waals surface area contributed by atoms with Gasteiger partial charge in [-0.15, -0.1) is 0 Å². The maximum Gasteiger partial charge on any atom is 0.122 e. The zero-order valence-corrected chi connectivity index (χ0v) is 9.24. The number of aliphatic hydroxyl groups is 1. The van der Waals surface area contributed by atoms with Gasteiger partial charge in [-0.25, -0.2) is 0 Å². The number of hydrogen-bond donors (Lipinski definition) is 3. The molecule has 4 nitrogen and oxygen atoms in total. The maximum absolute atomic E-state index is 9.73. The second-order valence-corrected chi connectivity index (χ2v) is 3.45. The summed E-state index contributed by atoms with van der Waals surface area (Å²) in [5.74, 6) is 0.758. The lowest BCUT2D eigenvalue weighted by atomic mass is 10.0. The van der Waals surface area contributed by atoms with E-state index in [9.17, 15) is 10.2 Å². The molecule has 0 saturated heterocycles. The number of nitrogens with one attached hydrogen (secondary N) is 1. The first-order valence-corrected chi connectivity index (χ1v) is 4.80. The third kappa shape index (κ3) is 2.61. The fraction of sp³-hybridized carbons (Fsp3) is 0.455. The molecule has 1 atom stereocenters. The van der Waals surface area contributed by atoms with E-state index < -0.39 is 6.10 Å². The summed E-state index contributed by atoms with van der Waals surface area (Å²) in [6, 6.07) is 3.25. The number of rotatable bonds is 4. The van der Waals surface area contributed by atoms with Crippen molar-refractivity contribution in [1.29, 1.82) is 0 Å². The molecule has 0 aliphatic carbocycles. The lowest BCUT2D eigenvalue weighted by Crippen LogP contribution is -2.16. The molecule has 0 aromatic heterocycles. The number of benzene rings is 1. The molecular weight excluding hydrogens is 194 g/mol. The monoisotopic (exact) mass is 211 g/mol. The Morgan fingerprint density at radius 3 is 2.67 bits per heavy atom. The van der Waals surface area contributed by atoms with Crippen LogP contribution in [0.2, 0.25) is 0 Å². The van der Waals surface area contributed by atoms with Crippen molar-refractivity contribution in [2.24, 2.45) is 0 Å². The Balaban J connectivity index is 3.06. The second kappa shape index (κ2) is 5.00. The topological polar surface area (TPSA) is 61.7 Å². The Bertz CT molecular complexity index is 339. The molecule has 4 heteroatoms. The number of aryl methyl sites for hydroxylation is 1. The van der Waals surface area contributed by atoms with Gasteiger partial charge in [0.1, 0.15) is 11.5 Å². The predicted molar refractivity (Wildman–Crippen MR) is 58.3 cm³/mol. The van der Waals surface area contributed by atoms with Crippen molar-refractivity contribution in [3.8, 4) is 11.5 Å². The SMILES string of the molecule is CNCC(O)c1cc(OC)c(C)cc1O. The van der Waals surface area contributed by atoms with Gasteiger partial charge < -0.3 is 20.3 Å². The number of ether oxygens (including phenoxy) is 1. The Morgan fingerprint density at radius 2 is 2.13 bits per heavy atom. The molecule has 0 spiro atoms. The Morgan fingerprint density at radius 1 is 1.47 bits per heavy atom. The van der Waals surface area contributed by atoms with Crippen LogP contribution in [0.1, 0.15) is 17.2 Å². The molecular formula is C11H17NO3. The molecule has 84 valence electrons. The van der Waals surface area contributed by atoms with Crippen LogP contribution >= 0.6 is 0 Å². The molecule has 1 aromatic carbocycles. The number of likely N-dealkylation sites (N-methyl/N-ethyl adjacent to an activating group) is 1. The summed E-state index contributed by atoms with van der Waals surface area (Å²) < 4.78 is 5.13. The van der Waals surface area contributed by atoms with Crippen molar-refractivity contribution in [3.05, 3.63) is 23.3 Å². The minimum absolute atomic E-state index is 0.0936. The van der Waals surface area contributed by atoms with Gasteiger partial charge in [-0.1, -0.05) is 0 Å². The molecule has 0 radical (unpaired) electrons. The van der Waals surface area contributed by atoms with E-state index in [1.165, 1.54) is 0 Å². The summed E-state index contributed by atoms with van der Waals surface area (Å²) in [4.78, 5) is 0. The normalized spacial score (nSPS) is 12.5. The average molecular weight is 211 g/mol. The molecule has 0 heterocycles. The largest absolute Gasteiger partial charge is 0.508 e. The van der Waals surface area contributed by atoms with Gasteiger partial charge in [-0.2, -0.15) is 0 Å². The molecule has 1 unspecified atom stereocenters. The van der Waals surface area contributed by atoms with Crippen LogP contribution in [0, 0.1) is 6.92 Å². The molecule has 0 bridgehead atoms. The standard InChI is InChI=1S/C11H17NO3/c1-7-4-9(13)8(5-11(7)15-3)10(14)6-12-2/h4-5,10,12-14H,6H2,1-3H3. The quantitative estimate of drug-likeness (QED) is 0.694. The van der Waals surface area contributed by atoms with E-state index in [-0.39, 0.29) is 5.75 Å². The zero-order chi connectivity index (χ0) is 11.4. The summed E-state index contributed by atoms with van der Waals surface area (Å²) in [7, 11) is 3.30. The second-order valence-electron chi connectivity index (χ2n) is 3.45. The van der Waals surface area contributed by atoms with Gasteiger partial charge in [0, 0.05) is 12.1 Å². The van der Waals surface area contributed by atoms with Crippen LogP contribution in [0.3, 0.4) is 0 Å². The van der Waals surface area contributed by atoms with Crippen molar-refractivity contribution in [3.63, 3.8) is 0 Å². The minimum atomic E-state index is -0.732. The number of aromatic hydroxyl groups is 1. The fourth-order valence-corrected chi connectivity index (χ4v) is 1.48. The molecule has 15 heavy (non-hydrogen) atoms. The van der Waals surface area contributed by atoms with E-state index in [4.69, 9.17) is 4.74 Å². The maximum atomic E-state index is 9.73. The van der Waals surface area contributed by atoms with Crippen molar-refractivity contribution in [2.75, 3.05) is 20.7 Å². The van der Waals surface area contributed by atoms with Crippen LogP contribution in [0.4, 0.5) is 0 Å². The molecule has 1 rings (SSSR count). The number of methoxy groups -OCH3 is 1. The van der Waals surface area contributed by atoms with E-state index >= 15 is 0 Å². The van der Waals surface area contributed by atoms with Gasteiger partial charge in [-0.3, -0.25) is 0 Å². The van der Waals surface area contributed by atoms with Gasteiger partial charge >= 0.3 is 0 Å². The van der Waals surface area contributed by atoms with Crippen LogP contribution in [0.5, 0.6) is 11.5 Å². The first-order chi connectivity index (χ1) is 7.10. The van der Waals surface area contributed by atoms with E-state index in [0.717, 1.165) is 5.56 Å². The number of phenolic OH excluding ortho intramolecular Hbond substituents is 1. The van der Waals surface area contributed by atoms with Crippen LogP contribution in [0.15, 0.2) is 12.1 Å². The number of phenols is 1. The summed E-state index contributed by atoms with van der Waals surface area (Å²) in [6.45, 7) is 2.23. The van der Waals surface area contributed by atoms with Gasteiger partial charge in [0.05, 0.1) is 13.2 Å². The molecule has 0 fully saturated rings. The van der Waals surface area contributed by atoms with E-state index in [1.54, 1.807) is 26.3 Å². The smallest absolute Gasteiger partial charge is 0.122 e. The summed E-state index contributed by atoms with van der Waals surface area (Å²) in [5.41, 5.74) is 1.32. The summed E-state index contributed by atoms with van der Waals surface area (Å²) >= 11 is 0. The molecule has 0 amide bonds. The van der Waals surface area contributed by atoms with Crippen molar-refractivity contribution < 1.29 is 14.9 Å². The number of aliphatic hydroxyl groups excluding tert-OH is 1. The molecule has 0 aliphatic rings. The Hall–Kier alpha value is -1.26. The highest BCUT2D eigenvalue weighted by molar-refractivity contribution is 5.46. The Kier molecular flexibility index (Phi) is 3.94. The lowest BCUT2D eigenvalue weighted by Gasteiger charge is -2.14. The molecule has 3 N–H and O–H groups in total. The van der Waals surface area contributed by atoms with Crippen molar-refractivity contribution in [2.45, 2.75) is 13.0 Å². The number of hydrogen-bond acceptors (Lipinski definition) is 4. The van der Waals surface area contributed by atoms with E-state index in [2.05, 4.69) is 5.32 Å². The van der Waals surface area contributed by atoms with Crippen LogP contribution < -0.4 is 10.1 Å². The highest BCUT2D eigenvalue weighted by atomic mass is 16.5. The summed E-state index contributed by atoms with van der Waals surface area (Å²) in [5, 5.41) is 22.2. The first kappa shape index (κ1) is 11.8.